The fourth-order valence-corrected chi connectivity index (χ4v) is 1.94. The molecule has 2 aromatic rings. The Labute approximate surface area is 119 Å². The molecule has 1 heterocycles. The lowest BCUT2D eigenvalue weighted by molar-refractivity contribution is -0.384. The molecule has 8 heteroatoms. The van der Waals surface area contributed by atoms with Crippen LogP contribution in [0.2, 0.25) is 0 Å². The first kappa shape index (κ1) is 14.5. The summed E-state index contributed by atoms with van der Waals surface area (Å²) in [4.78, 5) is 35.2. The lowest BCUT2D eigenvalue weighted by Crippen LogP contribution is -2.29. The van der Waals surface area contributed by atoms with Gasteiger partial charge in [0.05, 0.1) is 11.5 Å². The zero-order valence-electron chi connectivity index (χ0n) is 11.3. The van der Waals surface area contributed by atoms with E-state index in [1.807, 2.05) is 6.92 Å². The number of nitro groups is 1. The summed E-state index contributed by atoms with van der Waals surface area (Å²) in [6, 6.07) is 5.64. The van der Waals surface area contributed by atoms with E-state index in [1.54, 1.807) is 6.07 Å². The minimum atomic E-state index is -0.559. The molecule has 110 valence electrons. The Morgan fingerprint density at radius 1 is 1.33 bits per heavy atom. The number of aromatic amines is 1. The van der Waals surface area contributed by atoms with Crippen LogP contribution in [0.25, 0.3) is 0 Å². The SMILES string of the molecule is CCNc1ccc([N+](=O)[O-])cc1Cn1ccc(=O)[nH]c1=O. The number of H-pyrrole nitrogens is 1. The van der Waals surface area contributed by atoms with Crippen molar-refractivity contribution >= 4 is 11.4 Å². The summed E-state index contributed by atoms with van der Waals surface area (Å²) in [6.45, 7) is 2.67. The zero-order valence-corrected chi connectivity index (χ0v) is 11.3. The van der Waals surface area contributed by atoms with Crippen molar-refractivity contribution < 1.29 is 4.92 Å². The summed E-state index contributed by atoms with van der Waals surface area (Å²) in [6.07, 6.45) is 1.36. The van der Waals surface area contributed by atoms with Crippen molar-refractivity contribution in [1.29, 1.82) is 0 Å². The van der Waals surface area contributed by atoms with Gasteiger partial charge < -0.3 is 5.32 Å². The maximum atomic E-state index is 11.7. The second-order valence-electron chi connectivity index (χ2n) is 4.37. The molecule has 0 aliphatic heterocycles. The van der Waals surface area contributed by atoms with Gasteiger partial charge in [-0.25, -0.2) is 4.79 Å². The highest BCUT2D eigenvalue weighted by Crippen LogP contribution is 2.22. The van der Waals surface area contributed by atoms with Crippen molar-refractivity contribution in [1.82, 2.24) is 9.55 Å². The second-order valence-corrected chi connectivity index (χ2v) is 4.37. The van der Waals surface area contributed by atoms with Gasteiger partial charge in [0.2, 0.25) is 0 Å². The quantitative estimate of drug-likeness (QED) is 0.628. The number of nitro benzene ring substituents is 1. The first-order valence-corrected chi connectivity index (χ1v) is 6.32. The van der Waals surface area contributed by atoms with Gasteiger partial charge in [-0.1, -0.05) is 0 Å². The van der Waals surface area contributed by atoms with Crippen molar-refractivity contribution in [2.45, 2.75) is 13.5 Å². The monoisotopic (exact) mass is 290 g/mol. The second kappa shape index (κ2) is 6.04. The number of nitrogens with one attached hydrogen (secondary N) is 2. The van der Waals surface area contributed by atoms with E-state index >= 15 is 0 Å². The Morgan fingerprint density at radius 3 is 2.71 bits per heavy atom. The first-order chi connectivity index (χ1) is 10.0. The molecule has 0 saturated carbocycles. The van der Waals surface area contributed by atoms with Gasteiger partial charge in [0.1, 0.15) is 0 Å². The molecule has 0 saturated heterocycles. The smallest absolute Gasteiger partial charge is 0.328 e. The van der Waals surface area contributed by atoms with Gasteiger partial charge in [0, 0.05) is 42.2 Å². The van der Waals surface area contributed by atoms with Crippen molar-refractivity contribution in [3.05, 3.63) is 67.0 Å². The lowest BCUT2D eigenvalue weighted by atomic mass is 10.1. The molecular formula is C13H14N4O4. The summed E-state index contributed by atoms with van der Waals surface area (Å²) in [7, 11) is 0. The van der Waals surface area contributed by atoms with Gasteiger partial charge in [0.25, 0.3) is 11.2 Å². The van der Waals surface area contributed by atoms with E-state index in [0.29, 0.717) is 17.8 Å². The number of benzene rings is 1. The van der Waals surface area contributed by atoms with Crippen LogP contribution >= 0.6 is 0 Å². The molecule has 0 radical (unpaired) electrons. The molecule has 0 atom stereocenters. The molecule has 2 rings (SSSR count). The van der Waals surface area contributed by atoms with Crippen LogP contribution in [0.15, 0.2) is 40.1 Å². The van der Waals surface area contributed by atoms with E-state index in [2.05, 4.69) is 10.3 Å². The van der Waals surface area contributed by atoms with Crippen LogP contribution in [-0.2, 0) is 6.54 Å². The molecule has 21 heavy (non-hydrogen) atoms. The molecule has 1 aromatic carbocycles. The molecule has 0 aliphatic carbocycles. The minimum absolute atomic E-state index is 0.0517. The molecule has 0 fully saturated rings. The van der Waals surface area contributed by atoms with E-state index < -0.39 is 16.2 Å². The highest BCUT2D eigenvalue weighted by molar-refractivity contribution is 5.56. The van der Waals surface area contributed by atoms with Crippen LogP contribution in [0.5, 0.6) is 0 Å². The summed E-state index contributed by atoms with van der Waals surface area (Å²) in [5.74, 6) is 0. The molecule has 2 N–H and O–H groups in total. The summed E-state index contributed by atoms with van der Waals surface area (Å²) in [5, 5.41) is 13.9. The first-order valence-electron chi connectivity index (χ1n) is 6.32. The van der Waals surface area contributed by atoms with Crippen molar-refractivity contribution in [2.24, 2.45) is 0 Å². The molecule has 0 bridgehead atoms. The maximum Gasteiger partial charge on any atom is 0.328 e. The topological polar surface area (TPSA) is 110 Å². The van der Waals surface area contributed by atoms with Gasteiger partial charge in [-0.2, -0.15) is 0 Å². The maximum absolute atomic E-state index is 11.7. The standard InChI is InChI=1S/C13H14N4O4/c1-2-14-11-4-3-10(17(20)21)7-9(11)8-16-6-5-12(18)15-13(16)19/h3-7,14H,2,8H2,1H3,(H,15,18,19). The molecule has 0 amide bonds. The molecular weight excluding hydrogens is 276 g/mol. The normalized spacial score (nSPS) is 10.3. The third kappa shape index (κ3) is 3.35. The van der Waals surface area contributed by atoms with E-state index in [0.717, 1.165) is 0 Å². The highest BCUT2D eigenvalue weighted by Gasteiger charge is 2.11. The zero-order chi connectivity index (χ0) is 15.4. The number of nitrogens with zero attached hydrogens (tertiary/aromatic N) is 2. The Balaban J connectivity index is 2.45. The third-order valence-electron chi connectivity index (χ3n) is 2.90. The predicted molar refractivity (Wildman–Crippen MR) is 77.7 cm³/mol. The van der Waals surface area contributed by atoms with E-state index in [4.69, 9.17) is 0 Å². The predicted octanol–water partition coefficient (Wildman–Crippen LogP) is 0.925. The van der Waals surface area contributed by atoms with E-state index in [1.165, 1.54) is 29.0 Å². The van der Waals surface area contributed by atoms with Gasteiger partial charge in [-0.05, 0) is 13.0 Å². The number of hydrogen-bond donors (Lipinski definition) is 2. The number of hydrogen-bond acceptors (Lipinski definition) is 5. The van der Waals surface area contributed by atoms with E-state index in [-0.39, 0.29) is 12.2 Å². The summed E-state index contributed by atoms with van der Waals surface area (Å²) >= 11 is 0. The average Bonchev–Trinajstić information content (AvgIpc) is 2.43. The van der Waals surface area contributed by atoms with E-state index in [9.17, 15) is 19.7 Å². The molecule has 0 aliphatic rings. The van der Waals surface area contributed by atoms with Crippen LogP contribution in [0.1, 0.15) is 12.5 Å². The summed E-state index contributed by atoms with van der Waals surface area (Å²) < 4.78 is 1.28. The van der Waals surface area contributed by atoms with Crippen molar-refractivity contribution in [3.63, 3.8) is 0 Å². The highest BCUT2D eigenvalue weighted by atomic mass is 16.6. The number of rotatable bonds is 5. The summed E-state index contributed by atoms with van der Waals surface area (Å²) in [5.41, 5.74) is 0.212. The van der Waals surface area contributed by atoms with Crippen LogP contribution < -0.4 is 16.6 Å². The Morgan fingerprint density at radius 2 is 2.10 bits per heavy atom. The van der Waals surface area contributed by atoms with Gasteiger partial charge in [-0.3, -0.25) is 24.5 Å². The Hall–Kier alpha value is -2.90. The Kier molecular flexibility index (Phi) is 4.17. The lowest BCUT2D eigenvalue weighted by Gasteiger charge is -2.11. The number of anilines is 1. The molecule has 0 unspecified atom stereocenters. The average molecular weight is 290 g/mol. The van der Waals surface area contributed by atoms with Gasteiger partial charge in [-0.15, -0.1) is 0 Å². The van der Waals surface area contributed by atoms with Crippen molar-refractivity contribution in [2.75, 3.05) is 11.9 Å². The van der Waals surface area contributed by atoms with Crippen molar-refractivity contribution in [3.8, 4) is 0 Å². The Bertz CT molecular complexity index is 778. The van der Waals surface area contributed by atoms with Crippen LogP contribution in [0.4, 0.5) is 11.4 Å². The number of non-ortho nitro benzene ring substituents is 1. The van der Waals surface area contributed by atoms with Crippen LogP contribution in [0, 0.1) is 10.1 Å². The fraction of sp³-hybridized carbons (Fsp3) is 0.231. The molecule has 0 spiro atoms. The largest absolute Gasteiger partial charge is 0.385 e. The van der Waals surface area contributed by atoms with Crippen LogP contribution in [-0.4, -0.2) is 21.0 Å². The van der Waals surface area contributed by atoms with Gasteiger partial charge >= 0.3 is 5.69 Å². The molecule has 8 nitrogen and oxygen atoms in total. The third-order valence-corrected chi connectivity index (χ3v) is 2.90. The minimum Gasteiger partial charge on any atom is -0.385 e. The van der Waals surface area contributed by atoms with Crippen LogP contribution in [0.3, 0.4) is 0 Å². The number of aromatic nitrogens is 2. The van der Waals surface area contributed by atoms with Gasteiger partial charge in [0.15, 0.2) is 0 Å². The molecule has 1 aromatic heterocycles. The fourth-order valence-electron chi connectivity index (χ4n) is 1.94.